The highest BCUT2D eigenvalue weighted by Crippen LogP contribution is 2.60. The number of fused-ring (bicyclic) bond motifs is 11. The molecule has 2 atom stereocenters. The van der Waals surface area contributed by atoms with E-state index in [4.69, 9.17) is 11.5 Å². The zero-order chi connectivity index (χ0) is 33.5. The highest BCUT2D eigenvalue weighted by atomic mass is 32.2. The van der Waals surface area contributed by atoms with E-state index in [0.29, 0.717) is 0 Å². The number of nitrogens with two attached hydrogens (primary N) is 2. The highest BCUT2D eigenvalue weighted by molar-refractivity contribution is 7.99. The standard InChI is InChI=1S/C45H32N4S/c46-28-48-45(47,31-11-2-1-3-12-31)32-24-21-29(22-25-32)30-23-26-37-42(27-30)50-41-20-9-6-16-36(41)44(37)35-15-5-8-19-40(35)49-39-18-7-4-13-33(39)34-14-10-17-38(44)43(34)49/h1-28H,47H2,(H2,46,48). The molecule has 2 unspecified atom stereocenters. The van der Waals surface area contributed by atoms with Crippen LogP contribution in [0.2, 0.25) is 0 Å². The Bertz CT molecular complexity index is 2660. The summed E-state index contributed by atoms with van der Waals surface area (Å²) >= 11 is 1.86. The summed E-state index contributed by atoms with van der Waals surface area (Å²) in [4.78, 5) is 7.05. The second-order valence-corrected chi connectivity index (χ2v) is 14.2. The van der Waals surface area contributed by atoms with E-state index in [0.717, 1.165) is 22.3 Å². The SMILES string of the molecule is N/C=N\C(N)(c1ccccc1)c1ccc(-c2ccc3c(c2)Sc2ccccc2C32c3ccccc3-n3c4ccccc4c4cccc2c43)cc1. The molecule has 0 aliphatic carbocycles. The molecule has 2 aliphatic heterocycles. The average Bonchev–Trinajstić information content (AvgIpc) is 3.52. The molecular weight excluding hydrogens is 629 g/mol. The lowest BCUT2D eigenvalue weighted by atomic mass is 9.62. The van der Waals surface area contributed by atoms with Gasteiger partial charge in [0, 0.05) is 20.6 Å². The molecule has 4 N–H and O–H groups in total. The van der Waals surface area contributed by atoms with Crippen LogP contribution in [-0.2, 0) is 11.1 Å². The minimum Gasteiger partial charge on any atom is -0.390 e. The van der Waals surface area contributed by atoms with Gasteiger partial charge in [-0.25, -0.2) is 4.99 Å². The second-order valence-electron chi connectivity index (χ2n) is 13.1. The molecule has 50 heavy (non-hydrogen) atoms. The number of hydrogen-bond donors (Lipinski definition) is 2. The van der Waals surface area contributed by atoms with Crippen LogP contribution in [0.1, 0.15) is 33.4 Å². The molecule has 7 aromatic carbocycles. The molecule has 10 rings (SSSR count). The lowest BCUT2D eigenvalue weighted by Gasteiger charge is -2.45. The van der Waals surface area contributed by atoms with Gasteiger partial charge in [-0.05, 0) is 68.8 Å². The van der Waals surface area contributed by atoms with E-state index in [1.54, 1.807) is 0 Å². The van der Waals surface area contributed by atoms with E-state index in [9.17, 15) is 0 Å². The molecule has 0 bridgehead atoms. The number of aromatic nitrogens is 1. The number of para-hydroxylation sites is 3. The summed E-state index contributed by atoms with van der Waals surface area (Å²) in [6.45, 7) is 0. The van der Waals surface area contributed by atoms with Gasteiger partial charge in [0.15, 0.2) is 5.66 Å². The van der Waals surface area contributed by atoms with Crippen molar-refractivity contribution in [3.63, 3.8) is 0 Å². The summed E-state index contributed by atoms with van der Waals surface area (Å²) in [5.41, 5.74) is 24.1. The van der Waals surface area contributed by atoms with E-state index in [-0.39, 0.29) is 0 Å². The minimum absolute atomic E-state index is 0.491. The molecule has 0 fully saturated rings. The molecule has 1 spiro atoms. The molecule has 5 heteroatoms. The Hall–Kier alpha value is -5.88. The second kappa shape index (κ2) is 10.8. The summed E-state index contributed by atoms with van der Waals surface area (Å²) in [6, 6.07) is 58.9. The fraction of sp³-hybridized carbons (Fsp3) is 0.0444. The summed E-state index contributed by atoms with van der Waals surface area (Å²) in [5.74, 6) is 0. The lowest BCUT2D eigenvalue weighted by molar-refractivity contribution is 0.573. The van der Waals surface area contributed by atoms with Crippen LogP contribution in [0.25, 0.3) is 38.6 Å². The van der Waals surface area contributed by atoms with Gasteiger partial charge < -0.3 is 10.3 Å². The topological polar surface area (TPSA) is 69.3 Å². The van der Waals surface area contributed by atoms with Crippen molar-refractivity contribution in [2.45, 2.75) is 20.9 Å². The molecule has 0 radical (unpaired) electrons. The fourth-order valence-electron chi connectivity index (χ4n) is 8.55. The van der Waals surface area contributed by atoms with Gasteiger partial charge in [0.05, 0.1) is 28.5 Å². The predicted octanol–water partition coefficient (Wildman–Crippen LogP) is 9.76. The van der Waals surface area contributed by atoms with Gasteiger partial charge in [0.25, 0.3) is 0 Å². The first kappa shape index (κ1) is 29.1. The summed E-state index contributed by atoms with van der Waals surface area (Å²) in [5, 5.41) is 2.56. The molecule has 238 valence electrons. The Balaban J connectivity index is 1.19. The van der Waals surface area contributed by atoms with Crippen molar-refractivity contribution in [1.29, 1.82) is 0 Å². The Morgan fingerprint density at radius 1 is 0.560 bits per heavy atom. The minimum atomic E-state index is -1.08. The molecule has 0 saturated heterocycles. The highest BCUT2D eigenvalue weighted by Gasteiger charge is 2.49. The van der Waals surface area contributed by atoms with E-state index >= 15 is 0 Å². The van der Waals surface area contributed by atoms with E-state index in [1.807, 2.05) is 42.1 Å². The molecule has 4 nitrogen and oxygen atoms in total. The van der Waals surface area contributed by atoms with Crippen molar-refractivity contribution in [2.24, 2.45) is 16.5 Å². The van der Waals surface area contributed by atoms with Gasteiger partial charge in [-0.2, -0.15) is 0 Å². The van der Waals surface area contributed by atoms with E-state index < -0.39 is 11.1 Å². The zero-order valence-electron chi connectivity index (χ0n) is 27.1. The van der Waals surface area contributed by atoms with Gasteiger partial charge in [0.1, 0.15) is 0 Å². The molecule has 0 saturated carbocycles. The maximum absolute atomic E-state index is 6.90. The van der Waals surface area contributed by atoms with E-state index in [2.05, 4.69) is 143 Å². The van der Waals surface area contributed by atoms with Crippen LogP contribution in [0.4, 0.5) is 0 Å². The van der Waals surface area contributed by atoms with Gasteiger partial charge in [-0.15, -0.1) is 0 Å². The molecule has 8 aromatic rings. The van der Waals surface area contributed by atoms with Crippen molar-refractivity contribution >= 4 is 39.9 Å². The number of aliphatic imine (C=N–C) groups is 1. The van der Waals surface area contributed by atoms with Crippen LogP contribution in [0.5, 0.6) is 0 Å². The largest absolute Gasteiger partial charge is 0.390 e. The number of rotatable bonds is 4. The Morgan fingerprint density at radius 3 is 2.04 bits per heavy atom. The van der Waals surface area contributed by atoms with Crippen LogP contribution in [-0.4, -0.2) is 10.9 Å². The molecule has 3 heterocycles. The van der Waals surface area contributed by atoms with Crippen LogP contribution in [0.3, 0.4) is 0 Å². The zero-order valence-corrected chi connectivity index (χ0v) is 27.9. The average molecular weight is 661 g/mol. The number of nitrogens with zero attached hydrogens (tertiary/aromatic N) is 2. The normalized spacial score (nSPS) is 17.1. The molecular formula is C45H32N4S. The molecule has 2 aliphatic rings. The van der Waals surface area contributed by atoms with Gasteiger partial charge in [-0.1, -0.05) is 151 Å². The first-order valence-electron chi connectivity index (χ1n) is 16.9. The number of benzene rings is 7. The van der Waals surface area contributed by atoms with Crippen LogP contribution >= 0.6 is 11.8 Å². The van der Waals surface area contributed by atoms with Gasteiger partial charge in [-0.3, -0.25) is 5.73 Å². The monoisotopic (exact) mass is 660 g/mol. The summed E-state index contributed by atoms with van der Waals surface area (Å²) in [7, 11) is 0. The summed E-state index contributed by atoms with van der Waals surface area (Å²) < 4.78 is 2.49. The smallest absolute Gasteiger partial charge is 0.161 e. The van der Waals surface area contributed by atoms with E-state index in [1.165, 1.54) is 65.9 Å². The van der Waals surface area contributed by atoms with Gasteiger partial charge in [0.2, 0.25) is 0 Å². The molecule has 0 amide bonds. The van der Waals surface area contributed by atoms with Crippen molar-refractivity contribution in [2.75, 3.05) is 0 Å². The van der Waals surface area contributed by atoms with Crippen molar-refractivity contribution in [3.05, 3.63) is 197 Å². The predicted molar refractivity (Wildman–Crippen MR) is 206 cm³/mol. The van der Waals surface area contributed by atoms with Crippen LogP contribution < -0.4 is 11.5 Å². The quantitative estimate of drug-likeness (QED) is 0.146. The van der Waals surface area contributed by atoms with Crippen molar-refractivity contribution < 1.29 is 0 Å². The number of hydrogen-bond acceptors (Lipinski definition) is 3. The third-order valence-corrected chi connectivity index (χ3v) is 11.8. The fourth-order valence-corrected chi connectivity index (χ4v) is 9.78. The first-order chi connectivity index (χ1) is 24.6. The van der Waals surface area contributed by atoms with Crippen LogP contribution in [0.15, 0.2) is 179 Å². The third kappa shape index (κ3) is 3.84. The van der Waals surface area contributed by atoms with Gasteiger partial charge >= 0.3 is 0 Å². The van der Waals surface area contributed by atoms with Crippen molar-refractivity contribution in [1.82, 2.24) is 4.57 Å². The Morgan fingerprint density at radius 2 is 1.20 bits per heavy atom. The lowest BCUT2D eigenvalue weighted by Crippen LogP contribution is -2.37. The first-order valence-corrected chi connectivity index (χ1v) is 17.7. The molecule has 1 aromatic heterocycles. The third-order valence-electron chi connectivity index (χ3n) is 10.7. The maximum Gasteiger partial charge on any atom is 0.161 e. The Kier molecular flexibility index (Phi) is 6.29. The van der Waals surface area contributed by atoms with Crippen molar-refractivity contribution in [3.8, 4) is 16.8 Å². The Labute approximate surface area is 294 Å². The maximum atomic E-state index is 6.90. The summed E-state index contributed by atoms with van der Waals surface area (Å²) in [6.07, 6.45) is 1.29. The van der Waals surface area contributed by atoms with Crippen LogP contribution in [0, 0.1) is 0 Å².